The van der Waals surface area contributed by atoms with Crippen LogP contribution >= 0.6 is 0 Å². The van der Waals surface area contributed by atoms with E-state index in [1.165, 1.54) is 0 Å². The van der Waals surface area contributed by atoms with Gasteiger partial charge < -0.3 is 15.6 Å². The largest absolute Gasteiger partial charge is 0.330 e. The normalized spacial score (nSPS) is 12.1. The Morgan fingerprint density at radius 2 is 2.19 bits per heavy atom. The van der Waals surface area contributed by atoms with Gasteiger partial charge in [0.05, 0.1) is 11.6 Å². The first-order valence-electron chi connectivity index (χ1n) is 7.11. The van der Waals surface area contributed by atoms with E-state index < -0.39 is 0 Å². The fourth-order valence-corrected chi connectivity index (χ4v) is 2.25. The third-order valence-corrected chi connectivity index (χ3v) is 3.43. The summed E-state index contributed by atoms with van der Waals surface area (Å²) in [6.45, 7) is 2.40. The average Bonchev–Trinajstić information content (AvgIpc) is 2.91. The average molecular weight is 287 g/mol. The number of aromatic nitrogens is 3. The summed E-state index contributed by atoms with van der Waals surface area (Å²) in [6, 6.07) is 7.57. The lowest BCUT2D eigenvalue weighted by molar-refractivity contribution is -0.119. The second-order valence-corrected chi connectivity index (χ2v) is 5.02. The number of nitrogens with one attached hydrogen (secondary N) is 1. The number of amides is 1. The number of carbonyl (C=O) groups is 1. The van der Waals surface area contributed by atoms with E-state index >= 15 is 0 Å². The molecule has 6 nitrogen and oxygen atoms in total. The fraction of sp³-hybridized carbons (Fsp3) is 0.400. The van der Waals surface area contributed by atoms with Crippen LogP contribution in [-0.4, -0.2) is 27.2 Å². The molecule has 0 aliphatic heterocycles. The molecule has 0 saturated carbocycles. The first-order chi connectivity index (χ1) is 10.2. The van der Waals surface area contributed by atoms with Crippen molar-refractivity contribution in [1.29, 1.82) is 0 Å². The minimum atomic E-state index is -0.164. The van der Waals surface area contributed by atoms with Crippen molar-refractivity contribution < 1.29 is 4.79 Å². The molecule has 21 heavy (non-hydrogen) atoms. The molecule has 1 unspecified atom stereocenters. The van der Waals surface area contributed by atoms with Crippen LogP contribution in [0.25, 0.3) is 11.4 Å². The Morgan fingerprint density at radius 1 is 1.43 bits per heavy atom. The summed E-state index contributed by atoms with van der Waals surface area (Å²) >= 11 is 0. The molecule has 0 aliphatic rings. The smallest absolute Gasteiger partial charge is 0.228 e. The van der Waals surface area contributed by atoms with Crippen LogP contribution in [0, 0.1) is 5.92 Å². The number of nitrogens with two attached hydrogens (primary N) is 1. The van der Waals surface area contributed by atoms with Crippen LogP contribution in [0.5, 0.6) is 0 Å². The van der Waals surface area contributed by atoms with Gasteiger partial charge in [0.25, 0.3) is 0 Å². The zero-order valence-corrected chi connectivity index (χ0v) is 12.4. The molecule has 1 amide bonds. The molecule has 0 bridgehead atoms. The number of para-hydroxylation sites is 1. The molecule has 112 valence electrons. The molecule has 0 fully saturated rings. The van der Waals surface area contributed by atoms with E-state index in [-0.39, 0.29) is 11.8 Å². The highest BCUT2D eigenvalue weighted by molar-refractivity contribution is 5.96. The van der Waals surface area contributed by atoms with Gasteiger partial charge in [0, 0.05) is 19.2 Å². The maximum atomic E-state index is 12.3. The molecule has 0 spiro atoms. The van der Waals surface area contributed by atoms with Crippen LogP contribution < -0.4 is 11.1 Å². The van der Waals surface area contributed by atoms with Crippen molar-refractivity contribution in [2.75, 3.05) is 11.9 Å². The molecule has 2 aromatic rings. The standard InChI is InChI=1S/C15H21N5O/c1-3-6-11(9-16)15(21)18-13-8-5-4-7-12(13)14-19-17-10-20(14)2/h4-5,7-8,10-11H,3,6,9,16H2,1-2H3,(H,18,21). The highest BCUT2D eigenvalue weighted by Crippen LogP contribution is 2.26. The second-order valence-electron chi connectivity index (χ2n) is 5.02. The lowest BCUT2D eigenvalue weighted by Gasteiger charge is -2.16. The maximum Gasteiger partial charge on any atom is 0.228 e. The summed E-state index contributed by atoms with van der Waals surface area (Å²) < 4.78 is 1.82. The molecule has 0 saturated heterocycles. The number of rotatable bonds is 6. The number of hydrogen-bond acceptors (Lipinski definition) is 4. The number of benzene rings is 1. The van der Waals surface area contributed by atoms with Gasteiger partial charge in [-0.15, -0.1) is 10.2 Å². The third-order valence-electron chi connectivity index (χ3n) is 3.43. The lowest BCUT2D eigenvalue weighted by atomic mass is 10.0. The SMILES string of the molecule is CCCC(CN)C(=O)Nc1ccccc1-c1nncn1C. The van der Waals surface area contributed by atoms with Crippen molar-refractivity contribution in [2.45, 2.75) is 19.8 Å². The van der Waals surface area contributed by atoms with Crippen molar-refractivity contribution in [3.8, 4) is 11.4 Å². The monoisotopic (exact) mass is 287 g/mol. The van der Waals surface area contributed by atoms with Gasteiger partial charge in [-0.3, -0.25) is 4.79 Å². The van der Waals surface area contributed by atoms with Gasteiger partial charge in [0.15, 0.2) is 5.82 Å². The molecule has 0 radical (unpaired) electrons. The van der Waals surface area contributed by atoms with Gasteiger partial charge in [0.2, 0.25) is 5.91 Å². The van der Waals surface area contributed by atoms with E-state index in [0.29, 0.717) is 12.4 Å². The van der Waals surface area contributed by atoms with Gasteiger partial charge in [-0.2, -0.15) is 0 Å². The Bertz CT molecular complexity index is 608. The summed E-state index contributed by atoms with van der Waals surface area (Å²) in [6.07, 6.45) is 3.35. The van der Waals surface area contributed by atoms with Gasteiger partial charge in [-0.25, -0.2) is 0 Å². The van der Waals surface area contributed by atoms with Gasteiger partial charge in [-0.1, -0.05) is 25.5 Å². The minimum absolute atomic E-state index is 0.0473. The Morgan fingerprint density at radius 3 is 2.81 bits per heavy atom. The number of hydrogen-bond donors (Lipinski definition) is 2. The predicted octanol–water partition coefficient (Wildman–Crippen LogP) is 1.80. The van der Waals surface area contributed by atoms with Crippen molar-refractivity contribution in [3.63, 3.8) is 0 Å². The first-order valence-corrected chi connectivity index (χ1v) is 7.11. The number of aryl methyl sites for hydroxylation is 1. The van der Waals surface area contributed by atoms with Crippen molar-refractivity contribution in [3.05, 3.63) is 30.6 Å². The summed E-state index contributed by atoms with van der Waals surface area (Å²) in [7, 11) is 1.87. The van der Waals surface area contributed by atoms with Crippen LogP contribution in [-0.2, 0) is 11.8 Å². The molecular weight excluding hydrogens is 266 g/mol. The van der Waals surface area contributed by atoms with Crippen LogP contribution in [0.15, 0.2) is 30.6 Å². The molecule has 0 aliphatic carbocycles. The highest BCUT2D eigenvalue weighted by Gasteiger charge is 2.18. The molecule has 1 aromatic carbocycles. The van der Waals surface area contributed by atoms with Crippen LogP contribution in [0.2, 0.25) is 0 Å². The Kier molecular flexibility index (Phi) is 5.05. The third kappa shape index (κ3) is 3.46. The number of nitrogens with zero attached hydrogens (tertiary/aromatic N) is 3. The predicted molar refractivity (Wildman–Crippen MR) is 82.5 cm³/mol. The van der Waals surface area contributed by atoms with Crippen molar-refractivity contribution in [1.82, 2.24) is 14.8 Å². The second kappa shape index (κ2) is 6.99. The fourth-order valence-electron chi connectivity index (χ4n) is 2.25. The van der Waals surface area contributed by atoms with Crippen LogP contribution in [0.1, 0.15) is 19.8 Å². The number of anilines is 1. The van der Waals surface area contributed by atoms with E-state index in [1.807, 2.05) is 42.8 Å². The van der Waals surface area contributed by atoms with E-state index in [1.54, 1.807) is 6.33 Å². The molecule has 2 rings (SSSR count). The molecule has 1 heterocycles. The Balaban J connectivity index is 2.25. The Hall–Kier alpha value is -2.21. The zero-order chi connectivity index (χ0) is 15.2. The van der Waals surface area contributed by atoms with Crippen LogP contribution in [0.3, 0.4) is 0 Å². The topological polar surface area (TPSA) is 85.8 Å². The molecule has 1 atom stereocenters. The first kappa shape index (κ1) is 15.2. The molecule has 3 N–H and O–H groups in total. The molecule has 1 aromatic heterocycles. The summed E-state index contributed by atoms with van der Waals surface area (Å²) in [5.74, 6) is 0.502. The van der Waals surface area contributed by atoms with Crippen molar-refractivity contribution in [2.24, 2.45) is 18.7 Å². The maximum absolute atomic E-state index is 12.3. The van der Waals surface area contributed by atoms with E-state index in [9.17, 15) is 4.79 Å². The highest BCUT2D eigenvalue weighted by atomic mass is 16.1. The summed E-state index contributed by atoms with van der Waals surface area (Å²) in [5.41, 5.74) is 7.26. The van der Waals surface area contributed by atoms with Crippen molar-refractivity contribution >= 4 is 11.6 Å². The van der Waals surface area contributed by atoms with E-state index in [0.717, 1.165) is 24.1 Å². The minimum Gasteiger partial charge on any atom is -0.330 e. The van der Waals surface area contributed by atoms with Crippen LogP contribution in [0.4, 0.5) is 5.69 Å². The summed E-state index contributed by atoms with van der Waals surface area (Å²) in [5, 5.41) is 10.9. The quantitative estimate of drug-likeness (QED) is 0.848. The van der Waals surface area contributed by atoms with E-state index in [2.05, 4.69) is 15.5 Å². The van der Waals surface area contributed by atoms with Gasteiger partial charge in [-0.05, 0) is 18.6 Å². The molecular formula is C15H21N5O. The number of carbonyl (C=O) groups excluding carboxylic acids is 1. The van der Waals surface area contributed by atoms with E-state index in [4.69, 9.17) is 5.73 Å². The van der Waals surface area contributed by atoms with Gasteiger partial charge in [0.1, 0.15) is 6.33 Å². The zero-order valence-electron chi connectivity index (χ0n) is 12.4. The van der Waals surface area contributed by atoms with Gasteiger partial charge >= 0.3 is 0 Å². The lowest BCUT2D eigenvalue weighted by Crippen LogP contribution is -2.29. The Labute approximate surface area is 124 Å². The molecule has 6 heteroatoms. The summed E-state index contributed by atoms with van der Waals surface area (Å²) in [4.78, 5) is 12.3.